The molecule has 0 unspecified atom stereocenters. The molecule has 3 atom stereocenters. The van der Waals surface area contributed by atoms with Crippen LogP contribution < -0.4 is 0 Å². The van der Waals surface area contributed by atoms with E-state index in [2.05, 4.69) is 37.6 Å². The van der Waals surface area contributed by atoms with Gasteiger partial charge in [-0.2, -0.15) is 5.26 Å². The summed E-state index contributed by atoms with van der Waals surface area (Å²) in [6.45, 7) is 3.09. The number of aromatic nitrogens is 5. The Hall–Kier alpha value is -3.15. The number of nitriles is 1. The van der Waals surface area contributed by atoms with Crippen molar-refractivity contribution >= 4 is 22.9 Å². The maximum absolute atomic E-state index is 12.3. The van der Waals surface area contributed by atoms with Gasteiger partial charge < -0.3 is 14.6 Å². The fourth-order valence-electron chi connectivity index (χ4n) is 4.50. The van der Waals surface area contributed by atoms with Gasteiger partial charge in [-0.05, 0) is 24.8 Å². The van der Waals surface area contributed by atoms with Crippen LogP contribution in [0.25, 0.3) is 16.8 Å². The molecule has 3 aromatic rings. The first kappa shape index (κ1) is 17.0. The minimum absolute atomic E-state index is 0.0630. The van der Waals surface area contributed by atoms with Gasteiger partial charge in [-0.15, -0.1) is 10.2 Å². The van der Waals surface area contributed by atoms with Crippen molar-refractivity contribution in [2.75, 3.05) is 13.1 Å². The maximum atomic E-state index is 12.3. The quantitative estimate of drug-likeness (QED) is 0.748. The zero-order valence-corrected chi connectivity index (χ0v) is 15.6. The van der Waals surface area contributed by atoms with Gasteiger partial charge in [0.25, 0.3) is 0 Å². The van der Waals surface area contributed by atoms with Gasteiger partial charge in [0.1, 0.15) is 11.9 Å². The van der Waals surface area contributed by atoms with Crippen molar-refractivity contribution < 1.29 is 9.53 Å². The van der Waals surface area contributed by atoms with Crippen molar-refractivity contribution in [1.29, 1.82) is 5.26 Å². The second-order valence-electron chi connectivity index (χ2n) is 7.70. The highest BCUT2D eigenvalue weighted by atomic mass is 16.6. The Kier molecular flexibility index (Phi) is 3.93. The van der Waals surface area contributed by atoms with Crippen LogP contribution in [0.1, 0.15) is 37.9 Å². The average molecular weight is 379 g/mol. The van der Waals surface area contributed by atoms with Gasteiger partial charge in [0, 0.05) is 25.2 Å². The number of H-pyrrole nitrogens is 1. The molecule has 3 aromatic heterocycles. The standard InChI is InChI=1S/C19H21N7O2/c1-2-12-5-13(28-19(27)25-9-11(7-20)10-25)6-14(12)18-24-23-16-8-22-17-15(26(16)18)3-4-21-17/h3-4,8,11-14,21H,2,5-6,9-10H2,1H3/t12-,13+,14+/m1/s1. The molecule has 4 heterocycles. The van der Waals surface area contributed by atoms with E-state index in [4.69, 9.17) is 10.00 Å². The Labute approximate surface area is 161 Å². The largest absolute Gasteiger partial charge is 0.446 e. The van der Waals surface area contributed by atoms with Gasteiger partial charge in [0.2, 0.25) is 0 Å². The lowest BCUT2D eigenvalue weighted by molar-refractivity contribution is 0.0370. The number of likely N-dealkylation sites (tertiary alicyclic amines) is 1. The molecule has 0 bridgehead atoms. The number of rotatable bonds is 3. The molecule has 9 heteroatoms. The fourth-order valence-corrected chi connectivity index (χ4v) is 4.50. The van der Waals surface area contributed by atoms with Crippen LogP contribution in [0.3, 0.4) is 0 Å². The van der Waals surface area contributed by atoms with Crippen molar-refractivity contribution in [3.63, 3.8) is 0 Å². The molecule has 28 heavy (non-hydrogen) atoms. The second-order valence-corrected chi connectivity index (χ2v) is 7.70. The molecule has 1 saturated carbocycles. The number of carbonyl (C=O) groups excluding carboxylic acids is 1. The van der Waals surface area contributed by atoms with E-state index in [-0.39, 0.29) is 24.0 Å². The Balaban J connectivity index is 1.38. The lowest BCUT2D eigenvalue weighted by atomic mass is 9.93. The molecule has 0 aromatic carbocycles. The van der Waals surface area contributed by atoms with Crippen LogP contribution in [-0.4, -0.2) is 54.8 Å². The second kappa shape index (κ2) is 6.48. The average Bonchev–Trinajstić information content (AvgIpc) is 3.37. The third kappa shape index (κ3) is 2.59. The van der Waals surface area contributed by atoms with Crippen LogP contribution in [0.15, 0.2) is 18.5 Å². The smallest absolute Gasteiger partial charge is 0.410 e. The van der Waals surface area contributed by atoms with E-state index in [1.165, 1.54) is 0 Å². The number of fused-ring (bicyclic) bond motifs is 3. The lowest BCUT2D eigenvalue weighted by Crippen LogP contribution is -2.50. The Morgan fingerprint density at radius 2 is 2.25 bits per heavy atom. The first-order chi connectivity index (χ1) is 13.7. The highest BCUT2D eigenvalue weighted by molar-refractivity contribution is 5.74. The number of nitrogens with one attached hydrogen (secondary N) is 1. The van der Waals surface area contributed by atoms with Gasteiger partial charge in [-0.3, -0.25) is 4.40 Å². The molecule has 9 nitrogen and oxygen atoms in total. The summed E-state index contributed by atoms with van der Waals surface area (Å²) in [5.74, 6) is 1.38. The van der Waals surface area contributed by atoms with E-state index in [1.807, 2.05) is 12.3 Å². The summed E-state index contributed by atoms with van der Waals surface area (Å²) in [6.07, 6.45) is 5.66. The number of amides is 1. The Morgan fingerprint density at radius 3 is 3.04 bits per heavy atom. The van der Waals surface area contributed by atoms with Crippen molar-refractivity contribution in [3.8, 4) is 6.07 Å². The molecule has 2 aliphatic rings. The topological polar surface area (TPSA) is 112 Å². The maximum Gasteiger partial charge on any atom is 0.410 e. The normalized spacial score (nSPS) is 25.1. The van der Waals surface area contributed by atoms with Crippen LogP contribution in [0, 0.1) is 23.2 Å². The monoisotopic (exact) mass is 379 g/mol. The summed E-state index contributed by atoms with van der Waals surface area (Å²) in [4.78, 5) is 21.4. The highest BCUT2D eigenvalue weighted by Crippen LogP contribution is 2.43. The summed E-state index contributed by atoms with van der Waals surface area (Å²) in [7, 11) is 0. The zero-order valence-electron chi connectivity index (χ0n) is 15.6. The number of nitrogens with zero attached hydrogens (tertiary/aromatic N) is 6. The molecule has 1 aliphatic heterocycles. The molecule has 1 N–H and O–H groups in total. The third-order valence-electron chi connectivity index (χ3n) is 6.06. The van der Waals surface area contributed by atoms with E-state index >= 15 is 0 Å². The third-order valence-corrected chi connectivity index (χ3v) is 6.06. The SMILES string of the molecule is CC[C@@H]1C[C@H](OC(=O)N2CC(C#N)C2)C[C@@H]1c1nnc2cnc3[nH]ccc3n12. The molecule has 144 valence electrons. The van der Waals surface area contributed by atoms with Crippen molar-refractivity contribution in [1.82, 2.24) is 29.5 Å². The molecule has 1 amide bonds. The number of ether oxygens (including phenoxy) is 1. The number of aromatic amines is 1. The summed E-state index contributed by atoms with van der Waals surface area (Å²) >= 11 is 0. The Morgan fingerprint density at radius 1 is 1.39 bits per heavy atom. The first-order valence-corrected chi connectivity index (χ1v) is 9.70. The molecule has 0 spiro atoms. The summed E-state index contributed by atoms with van der Waals surface area (Å²) in [5, 5.41) is 17.7. The fraction of sp³-hybridized carbons (Fsp3) is 0.526. The van der Waals surface area contributed by atoms with Crippen LogP contribution in [-0.2, 0) is 4.74 Å². The minimum Gasteiger partial charge on any atom is -0.446 e. The molecule has 1 saturated heterocycles. The van der Waals surface area contributed by atoms with E-state index in [0.717, 1.165) is 41.9 Å². The molecular formula is C19H21N7O2. The predicted octanol–water partition coefficient (Wildman–Crippen LogP) is 2.47. The summed E-state index contributed by atoms with van der Waals surface area (Å²) in [6, 6.07) is 4.15. The highest BCUT2D eigenvalue weighted by Gasteiger charge is 2.41. The molecule has 1 aliphatic carbocycles. The predicted molar refractivity (Wildman–Crippen MR) is 99.3 cm³/mol. The zero-order chi connectivity index (χ0) is 19.3. The van der Waals surface area contributed by atoms with Crippen molar-refractivity contribution in [3.05, 3.63) is 24.3 Å². The van der Waals surface area contributed by atoms with Crippen LogP contribution in [0.2, 0.25) is 0 Å². The van der Waals surface area contributed by atoms with Gasteiger partial charge in [-0.1, -0.05) is 13.3 Å². The van der Waals surface area contributed by atoms with Gasteiger partial charge in [0.15, 0.2) is 11.3 Å². The first-order valence-electron chi connectivity index (χ1n) is 9.70. The van der Waals surface area contributed by atoms with Crippen LogP contribution in [0.5, 0.6) is 0 Å². The van der Waals surface area contributed by atoms with Gasteiger partial charge >= 0.3 is 6.09 Å². The summed E-state index contributed by atoms with van der Waals surface area (Å²) < 4.78 is 7.81. The van der Waals surface area contributed by atoms with Gasteiger partial charge in [-0.25, -0.2) is 9.78 Å². The molecule has 2 fully saturated rings. The number of hydrogen-bond acceptors (Lipinski definition) is 6. The van der Waals surface area contributed by atoms with E-state index in [9.17, 15) is 4.79 Å². The van der Waals surface area contributed by atoms with Crippen LogP contribution in [0.4, 0.5) is 4.79 Å². The van der Waals surface area contributed by atoms with E-state index in [0.29, 0.717) is 19.0 Å². The van der Waals surface area contributed by atoms with Crippen LogP contribution >= 0.6 is 0 Å². The Bertz CT molecular complexity index is 1080. The number of carbonyl (C=O) groups is 1. The molecule has 5 rings (SSSR count). The summed E-state index contributed by atoms with van der Waals surface area (Å²) in [5.41, 5.74) is 2.48. The van der Waals surface area contributed by atoms with Crippen molar-refractivity contribution in [2.24, 2.45) is 11.8 Å². The van der Waals surface area contributed by atoms with Gasteiger partial charge in [0.05, 0.1) is 23.7 Å². The molecule has 0 radical (unpaired) electrons. The lowest BCUT2D eigenvalue weighted by Gasteiger charge is -2.34. The minimum atomic E-state index is -0.310. The van der Waals surface area contributed by atoms with Crippen molar-refractivity contribution in [2.45, 2.75) is 38.2 Å². The molecular weight excluding hydrogens is 358 g/mol. The van der Waals surface area contributed by atoms with E-state index in [1.54, 1.807) is 11.1 Å². The number of hydrogen-bond donors (Lipinski definition) is 1. The van der Waals surface area contributed by atoms with E-state index < -0.39 is 0 Å².